The van der Waals surface area contributed by atoms with Crippen LogP contribution >= 0.6 is 11.3 Å². The van der Waals surface area contributed by atoms with Gasteiger partial charge in [-0.05, 0) is 50.7 Å². The Morgan fingerprint density at radius 1 is 1.24 bits per heavy atom. The maximum absolute atomic E-state index is 12.6. The average Bonchev–Trinajstić information content (AvgIpc) is 3.02. The molecule has 1 aliphatic heterocycles. The van der Waals surface area contributed by atoms with E-state index in [1.165, 1.54) is 4.70 Å². The number of aliphatic carboxylic acids is 1. The topological polar surface area (TPSA) is 70.5 Å². The van der Waals surface area contributed by atoms with Crippen molar-refractivity contribution >= 4 is 33.4 Å². The molecule has 2 heterocycles. The number of hydrogen-bond acceptors (Lipinski definition) is 4. The summed E-state index contributed by atoms with van der Waals surface area (Å²) in [5, 5.41) is 9.97. The number of carboxylic acid groups (broad SMARTS) is 1. The molecular weight excluding hydrogens is 336 g/mol. The summed E-state index contributed by atoms with van der Waals surface area (Å²) in [6.45, 7) is 0.768. The standard InChI is InChI=1S/C19H24N2O3S/c22-18(21-13-4-3-6-14(21)11-12-19(23)24)10-5-9-17-20-15-7-1-2-8-16(15)25-17/h1-2,7-8,14H,3-6,9-13H2,(H,23,24). The molecule has 2 aromatic rings. The number of carbonyl (C=O) groups is 2. The van der Waals surface area contributed by atoms with Gasteiger partial charge in [-0.15, -0.1) is 11.3 Å². The molecule has 1 atom stereocenters. The molecule has 0 radical (unpaired) electrons. The molecule has 0 saturated carbocycles. The molecule has 5 nitrogen and oxygen atoms in total. The van der Waals surface area contributed by atoms with E-state index >= 15 is 0 Å². The van der Waals surface area contributed by atoms with E-state index in [-0.39, 0.29) is 18.4 Å². The number of aromatic nitrogens is 1. The Kier molecular flexibility index (Phi) is 6.02. The number of para-hydroxylation sites is 1. The van der Waals surface area contributed by atoms with Crippen molar-refractivity contribution in [2.45, 2.75) is 57.4 Å². The summed E-state index contributed by atoms with van der Waals surface area (Å²) in [4.78, 5) is 29.9. The average molecular weight is 360 g/mol. The summed E-state index contributed by atoms with van der Waals surface area (Å²) < 4.78 is 1.19. The molecule has 1 unspecified atom stereocenters. The molecule has 1 saturated heterocycles. The molecule has 1 fully saturated rings. The molecule has 3 rings (SSSR count). The summed E-state index contributed by atoms with van der Waals surface area (Å²) in [5.74, 6) is -0.620. The normalized spacial score (nSPS) is 17.8. The van der Waals surface area contributed by atoms with Crippen molar-refractivity contribution < 1.29 is 14.7 Å². The number of nitrogens with zero attached hydrogens (tertiary/aromatic N) is 2. The SMILES string of the molecule is O=C(O)CCC1CCCCN1C(=O)CCCc1nc2ccccc2s1. The fraction of sp³-hybridized carbons (Fsp3) is 0.526. The number of carboxylic acids is 1. The van der Waals surface area contributed by atoms with Gasteiger partial charge < -0.3 is 10.0 Å². The van der Waals surface area contributed by atoms with E-state index in [0.29, 0.717) is 12.8 Å². The fourth-order valence-corrected chi connectivity index (χ4v) is 4.49. The number of rotatable bonds is 7. The van der Waals surface area contributed by atoms with Gasteiger partial charge in [-0.1, -0.05) is 12.1 Å². The second-order valence-electron chi connectivity index (χ2n) is 6.60. The number of carbonyl (C=O) groups excluding carboxylic acids is 1. The van der Waals surface area contributed by atoms with Gasteiger partial charge in [-0.2, -0.15) is 0 Å². The van der Waals surface area contributed by atoms with Crippen molar-refractivity contribution in [1.29, 1.82) is 0 Å². The Bertz CT molecular complexity index is 710. The van der Waals surface area contributed by atoms with Gasteiger partial charge in [-0.25, -0.2) is 4.98 Å². The van der Waals surface area contributed by atoms with Crippen LogP contribution in [0.5, 0.6) is 0 Å². The number of thiazole rings is 1. The van der Waals surface area contributed by atoms with Crippen LogP contribution in [0.15, 0.2) is 24.3 Å². The lowest BCUT2D eigenvalue weighted by Gasteiger charge is -2.35. The van der Waals surface area contributed by atoms with Crippen molar-refractivity contribution in [3.8, 4) is 0 Å². The monoisotopic (exact) mass is 360 g/mol. The van der Waals surface area contributed by atoms with E-state index < -0.39 is 5.97 Å². The highest BCUT2D eigenvalue weighted by molar-refractivity contribution is 7.18. The Morgan fingerprint density at radius 2 is 2.08 bits per heavy atom. The largest absolute Gasteiger partial charge is 0.481 e. The molecule has 1 aromatic heterocycles. The first-order chi connectivity index (χ1) is 12.1. The Hall–Kier alpha value is -1.95. The van der Waals surface area contributed by atoms with Crippen LogP contribution in [-0.4, -0.2) is 39.5 Å². The molecule has 6 heteroatoms. The maximum Gasteiger partial charge on any atom is 0.303 e. The van der Waals surface area contributed by atoms with E-state index in [2.05, 4.69) is 11.1 Å². The number of aryl methyl sites for hydroxylation is 1. The van der Waals surface area contributed by atoms with Crippen molar-refractivity contribution in [3.63, 3.8) is 0 Å². The lowest BCUT2D eigenvalue weighted by Crippen LogP contribution is -2.43. The summed E-state index contributed by atoms with van der Waals surface area (Å²) in [7, 11) is 0. The van der Waals surface area contributed by atoms with Gasteiger partial charge in [-0.3, -0.25) is 9.59 Å². The van der Waals surface area contributed by atoms with Gasteiger partial charge in [0.05, 0.1) is 15.2 Å². The number of piperidine rings is 1. The second-order valence-corrected chi connectivity index (χ2v) is 7.71. The number of amides is 1. The lowest BCUT2D eigenvalue weighted by atomic mass is 9.97. The minimum Gasteiger partial charge on any atom is -0.481 e. The zero-order valence-electron chi connectivity index (χ0n) is 14.3. The quantitative estimate of drug-likeness (QED) is 0.814. The first-order valence-corrected chi connectivity index (χ1v) is 9.81. The van der Waals surface area contributed by atoms with Crippen molar-refractivity contribution in [3.05, 3.63) is 29.3 Å². The third-order valence-electron chi connectivity index (χ3n) is 4.76. The Balaban J connectivity index is 1.51. The maximum atomic E-state index is 12.6. The van der Waals surface area contributed by atoms with Crippen LogP contribution in [0.1, 0.15) is 50.0 Å². The Morgan fingerprint density at radius 3 is 2.88 bits per heavy atom. The smallest absolute Gasteiger partial charge is 0.303 e. The zero-order valence-corrected chi connectivity index (χ0v) is 15.1. The van der Waals surface area contributed by atoms with Gasteiger partial charge in [0, 0.05) is 25.4 Å². The van der Waals surface area contributed by atoms with Crippen LogP contribution in [0.2, 0.25) is 0 Å². The molecule has 0 aliphatic carbocycles. The van der Waals surface area contributed by atoms with Gasteiger partial charge in [0.25, 0.3) is 0 Å². The number of likely N-dealkylation sites (tertiary alicyclic amines) is 1. The fourth-order valence-electron chi connectivity index (χ4n) is 3.48. The van der Waals surface area contributed by atoms with Gasteiger partial charge >= 0.3 is 5.97 Å². The molecule has 1 N–H and O–H groups in total. The minimum absolute atomic E-state index is 0.0970. The van der Waals surface area contributed by atoms with Crippen molar-refractivity contribution in [2.24, 2.45) is 0 Å². The number of fused-ring (bicyclic) bond motifs is 1. The minimum atomic E-state index is -0.784. The third-order valence-corrected chi connectivity index (χ3v) is 5.85. The van der Waals surface area contributed by atoms with E-state index in [4.69, 9.17) is 5.11 Å². The summed E-state index contributed by atoms with van der Waals surface area (Å²) in [6.07, 6.45) is 5.86. The molecular formula is C19H24N2O3S. The predicted molar refractivity (Wildman–Crippen MR) is 98.8 cm³/mol. The third kappa shape index (κ3) is 4.78. The molecule has 1 aromatic carbocycles. The predicted octanol–water partition coefficient (Wildman–Crippen LogP) is 3.86. The highest BCUT2D eigenvalue weighted by atomic mass is 32.1. The van der Waals surface area contributed by atoms with E-state index in [9.17, 15) is 9.59 Å². The first kappa shape index (κ1) is 17.9. The van der Waals surface area contributed by atoms with E-state index in [1.54, 1.807) is 11.3 Å². The molecule has 134 valence electrons. The summed E-state index contributed by atoms with van der Waals surface area (Å²) in [5.41, 5.74) is 1.03. The first-order valence-electron chi connectivity index (χ1n) is 8.99. The molecule has 25 heavy (non-hydrogen) atoms. The van der Waals surface area contributed by atoms with Crippen LogP contribution in [0.25, 0.3) is 10.2 Å². The molecule has 0 spiro atoms. The molecule has 0 bridgehead atoms. The molecule has 1 amide bonds. The summed E-state index contributed by atoms with van der Waals surface area (Å²) >= 11 is 1.70. The van der Waals surface area contributed by atoms with Crippen molar-refractivity contribution in [2.75, 3.05) is 6.54 Å². The highest BCUT2D eigenvalue weighted by Gasteiger charge is 2.26. The summed E-state index contributed by atoms with van der Waals surface area (Å²) in [6, 6.07) is 8.19. The number of benzene rings is 1. The van der Waals surface area contributed by atoms with Gasteiger partial charge in [0.15, 0.2) is 0 Å². The van der Waals surface area contributed by atoms with Gasteiger partial charge in [0.1, 0.15) is 0 Å². The Labute approximate surface area is 151 Å². The zero-order chi connectivity index (χ0) is 17.6. The second kappa shape index (κ2) is 8.43. The van der Waals surface area contributed by atoms with Crippen LogP contribution in [0.3, 0.4) is 0 Å². The van der Waals surface area contributed by atoms with Crippen LogP contribution in [-0.2, 0) is 16.0 Å². The van der Waals surface area contributed by atoms with Gasteiger partial charge in [0.2, 0.25) is 5.91 Å². The number of hydrogen-bond donors (Lipinski definition) is 1. The molecule has 1 aliphatic rings. The lowest BCUT2D eigenvalue weighted by molar-refractivity contribution is -0.140. The van der Waals surface area contributed by atoms with Crippen LogP contribution < -0.4 is 0 Å². The van der Waals surface area contributed by atoms with E-state index in [0.717, 1.165) is 49.2 Å². The highest BCUT2D eigenvalue weighted by Crippen LogP contribution is 2.24. The van der Waals surface area contributed by atoms with E-state index in [1.807, 2.05) is 23.1 Å². The van der Waals surface area contributed by atoms with Crippen molar-refractivity contribution in [1.82, 2.24) is 9.88 Å². The van der Waals surface area contributed by atoms with Crippen LogP contribution in [0.4, 0.5) is 0 Å². The van der Waals surface area contributed by atoms with Crippen LogP contribution in [0, 0.1) is 0 Å².